The summed E-state index contributed by atoms with van der Waals surface area (Å²) in [5.74, 6) is -0.296. The van der Waals surface area contributed by atoms with E-state index in [1.807, 2.05) is 37.3 Å². The van der Waals surface area contributed by atoms with Crippen molar-refractivity contribution in [3.05, 3.63) is 35.9 Å². The van der Waals surface area contributed by atoms with Crippen LogP contribution in [-0.2, 0) is 19.1 Å². The van der Waals surface area contributed by atoms with Gasteiger partial charge in [-0.25, -0.2) is 0 Å². The number of amides is 1. The molecule has 0 spiro atoms. The molecule has 1 atom stereocenters. The van der Waals surface area contributed by atoms with Gasteiger partial charge in [0.1, 0.15) is 6.54 Å². The minimum absolute atomic E-state index is 0.00117. The molecule has 1 saturated heterocycles. The third kappa shape index (κ3) is 6.48. The van der Waals surface area contributed by atoms with E-state index in [1.54, 1.807) is 4.90 Å². The molecule has 0 radical (unpaired) electrons. The summed E-state index contributed by atoms with van der Waals surface area (Å²) >= 11 is 0. The Morgan fingerprint density at radius 3 is 2.56 bits per heavy atom. The minimum atomic E-state index is -0.386. The number of carbonyl (C=O) groups excluding carboxylic acids is 2. The van der Waals surface area contributed by atoms with Crippen LogP contribution in [0.1, 0.15) is 24.8 Å². The molecule has 1 heterocycles. The summed E-state index contributed by atoms with van der Waals surface area (Å²) in [6, 6.07) is 9.96. The molecule has 138 valence electrons. The molecule has 1 unspecified atom stereocenters. The molecule has 0 N–H and O–H groups in total. The quantitative estimate of drug-likeness (QED) is 0.667. The van der Waals surface area contributed by atoms with Gasteiger partial charge in [-0.15, -0.1) is 0 Å². The Labute approximate surface area is 149 Å². The van der Waals surface area contributed by atoms with Crippen molar-refractivity contribution >= 4 is 11.9 Å². The molecular weight excluding hydrogens is 320 g/mol. The number of hydrogen-bond donors (Lipinski definition) is 0. The van der Waals surface area contributed by atoms with Crippen molar-refractivity contribution in [3.63, 3.8) is 0 Å². The van der Waals surface area contributed by atoms with Crippen LogP contribution in [0.15, 0.2) is 30.3 Å². The van der Waals surface area contributed by atoms with Gasteiger partial charge in [0.15, 0.2) is 0 Å². The molecule has 1 aromatic rings. The Morgan fingerprint density at radius 2 is 1.92 bits per heavy atom. The Morgan fingerprint density at radius 1 is 1.24 bits per heavy atom. The fourth-order valence-corrected chi connectivity index (χ4v) is 2.89. The molecule has 1 fully saturated rings. The molecule has 1 aromatic carbocycles. The number of ether oxygens (including phenoxy) is 2. The third-order valence-corrected chi connectivity index (χ3v) is 4.54. The first-order chi connectivity index (χ1) is 12.1. The Balaban J connectivity index is 1.92. The lowest BCUT2D eigenvalue weighted by Gasteiger charge is -2.30. The Bertz CT molecular complexity index is 544. The van der Waals surface area contributed by atoms with Crippen molar-refractivity contribution in [2.24, 2.45) is 0 Å². The minimum Gasteiger partial charge on any atom is -0.468 e. The van der Waals surface area contributed by atoms with E-state index in [0.29, 0.717) is 13.0 Å². The van der Waals surface area contributed by atoms with Gasteiger partial charge in [-0.05, 0) is 11.5 Å². The maximum absolute atomic E-state index is 12.7. The number of carbonyl (C=O) groups is 2. The summed E-state index contributed by atoms with van der Waals surface area (Å²) < 4.78 is 10.1. The van der Waals surface area contributed by atoms with Crippen LogP contribution >= 0.6 is 0 Å². The van der Waals surface area contributed by atoms with Gasteiger partial charge in [-0.2, -0.15) is 0 Å². The fraction of sp³-hybridized carbons (Fsp3) is 0.579. The zero-order valence-electron chi connectivity index (χ0n) is 15.1. The van der Waals surface area contributed by atoms with Crippen LogP contribution in [0.4, 0.5) is 0 Å². The number of benzene rings is 1. The van der Waals surface area contributed by atoms with Crippen molar-refractivity contribution in [1.82, 2.24) is 9.80 Å². The van der Waals surface area contributed by atoms with E-state index in [1.165, 1.54) is 7.11 Å². The molecule has 0 aliphatic carbocycles. The average Bonchev–Trinajstić information content (AvgIpc) is 2.66. The highest BCUT2D eigenvalue weighted by Crippen LogP contribution is 2.19. The zero-order chi connectivity index (χ0) is 18.1. The summed E-state index contributed by atoms with van der Waals surface area (Å²) in [6.45, 7) is 6.46. The van der Waals surface area contributed by atoms with Crippen LogP contribution < -0.4 is 0 Å². The maximum Gasteiger partial charge on any atom is 0.325 e. The van der Waals surface area contributed by atoms with Gasteiger partial charge in [-0.3, -0.25) is 14.5 Å². The van der Waals surface area contributed by atoms with Crippen LogP contribution in [0, 0.1) is 0 Å². The first kappa shape index (κ1) is 19.4. The van der Waals surface area contributed by atoms with E-state index in [9.17, 15) is 9.59 Å². The third-order valence-electron chi connectivity index (χ3n) is 4.54. The van der Waals surface area contributed by atoms with Gasteiger partial charge in [0, 0.05) is 32.6 Å². The zero-order valence-corrected chi connectivity index (χ0v) is 15.1. The van der Waals surface area contributed by atoms with Crippen molar-refractivity contribution in [2.45, 2.75) is 19.3 Å². The summed E-state index contributed by atoms with van der Waals surface area (Å²) in [4.78, 5) is 28.3. The van der Waals surface area contributed by atoms with Crippen LogP contribution in [0.5, 0.6) is 0 Å². The van der Waals surface area contributed by atoms with Crippen molar-refractivity contribution < 1.29 is 19.1 Å². The van der Waals surface area contributed by atoms with E-state index < -0.39 is 0 Å². The number of rotatable bonds is 8. The first-order valence-corrected chi connectivity index (χ1v) is 8.79. The summed E-state index contributed by atoms with van der Waals surface area (Å²) in [5, 5.41) is 0. The van der Waals surface area contributed by atoms with Crippen LogP contribution in [0.3, 0.4) is 0 Å². The first-order valence-electron chi connectivity index (χ1n) is 8.79. The topological polar surface area (TPSA) is 59.1 Å². The van der Waals surface area contributed by atoms with E-state index in [2.05, 4.69) is 4.90 Å². The van der Waals surface area contributed by atoms with E-state index >= 15 is 0 Å². The SMILES string of the molecule is COC(=O)CN(CCN1CCOCC1)C(=O)CC(C)c1ccccc1. The van der Waals surface area contributed by atoms with Crippen LogP contribution in [-0.4, -0.2) is 74.7 Å². The van der Waals surface area contributed by atoms with Gasteiger partial charge in [0.05, 0.1) is 20.3 Å². The monoisotopic (exact) mass is 348 g/mol. The van der Waals surface area contributed by atoms with Crippen LogP contribution in [0.25, 0.3) is 0 Å². The van der Waals surface area contributed by atoms with E-state index in [-0.39, 0.29) is 24.3 Å². The Hall–Kier alpha value is -1.92. The molecule has 0 aromatic heterocycles. The highest BCUT2D eigenvalue weighted by Gasteiger charge is 2.21. The lowest BCUT2D eigenvalue weighted by Crippen LogP contribution is -2.45. The van der Waals surface area contributed by atoms with E-state index in [0.717, 1.165) is 38.4 Å². The van der Waals surface area contributed by atoms with Gasteiger partial charge in [0.25, 0.3) is 0 Å². The molecule has 0 saturated carbocycles. The Kier molecular flexibility index (Phi) is 7.88. The van der Waals surface area contributed by atoms with Crippen molar-refractivity contribution in [3.8, 4) is 0 Å². The molecular formula is C19H28N2O4. The summed E-state index contributed by atoms with van der Waals surface area (Å²) in [6.07, 6.45) is 0.379. The highest BCUT2D eigenvalue weighted by molar-refractivity contribution is 5.82. The molecule has 1 aliphatic heterocycles. The second-order valence-electron chi connectivity index (χ2n) is 6.36. The smallest absolute Gasteiger partial charge is 0.325 e. The van der Waals surface area contributed by atoms with Crippen molar-refractivity contribution in [2.75, 3.05) is 53.0 Å². The number of nitrogens with zero attached hydrogens (tertiary/aromatic N) is 2. The highest BCUT2D eigenvalue weighted by atomic mass is 16.5. The molecule has 6 heteroatoms. The average molecular weight is 348 g/mol. The number of esters is 1. The molecule has 1 aliphatic rings. The standard InChI is InChI=1S/C19H28N2O4/c1-16(17-6-4-3-5-7-17)14-18(22)21(15-19(23)24-2)9-8-20-10-12-25-13-11-20/h3-7,16H,8-15H2,1-2H3. The molecule has 0 bridgehead atoms. The van der Waals surface area contributed by atoms with Crippen molar-refractivity contribution in [1.29, 1.82) is 0 Å². The predicted molar refractivity (Wildman–Crippen MR) is 95.3 cm³/mol. The largest absolute Gasteiger partial charge is 0.468 e. The number of hydrogen-bond acceptors (Lipinski definition) is 5. The van der Waals surface area contributed by atoms with Gasteiger partial charge >= 0.3 is 5.97 Å². The fourth-order valence-electron chi connectivity index (χ4n) is 2.89. The van der Waals surface area contributed by atoms with E-state index in [4.69, 9.17) is 9.47 Å². The molecule has 25 heavy (non-hydrogen) atoms. The maximum atomic E-state index is 12.7. The molecule has 1 amide bonds. The summed E-state index contributed by atoms with van der Waals surface area (Å²) in [5.41, 5.74) is 1.13. The predicted octanol–water partition coefficient (Wildman–Crippen LogP) is 1.51. The van der Waals surface area contributed by atoms with Gasteiger partial charge in [0.2, 0.25) is 5.91 Å². The normalized spacial score (nSPS) is 16.2. The number of morpholine rings is 1. The molecule has 2 rings (SSSR count). The lowest BCUT2D eigenvalue weighted by molar-refractivity contribution is -0.147. The second-order valence-corrected chi connectivity index (χ2v) is 6.36. The lowest BCUT2D eigenvalue weighted by atomic mass is 9.97. The van der Waals surface area contributed by atoms with Gasteiger partial charge < -0.3 is 14.4 Å². The second kappa shape index (κ2) is 10.2. The van der Waals surface area contributed by atoms with Gasteiger partial charge in [-0.1, -0.05) is 37.3 Å². The number of methoxy groups -OCH3 is 1. The van der Waals surface area contributed by atoms with Crippen LogP contribution in [0.2, 0.25) is 0 Å². The summed E-state index contributed by atoms with van der Waals surface area (Å²) in [7, 11) is 1.35. The molecule has 6 nitrogen and oxygen atoms in total.